The fourth-order valence-corrected chi connectivity index (χ4v) is 3.10. The van der Waals surface area contributed by atoms with Crippen LogP contribution in [-0.4, -0.2) is 27.2 Å². The highest BCUT2D eigenvalue weighted by molar-refractivity contribution is 6.32. The number of amides is 1. The second-order valence-electron chi connectivity index (χ2n) is 6.40. The summed E-state index contributed by atoms with van der Waals surface area (Å²) in [7, 11) is 0. The molecule has 30 heavy (non-hydrogen) atoms. The van der Waals surface area contributed by atoms with E-state index in [-0.39, 0.29) is 16.4 Å². The van der Waals surface area contributed by atoms with Crippen LogP contribution < -0.4 is 5.43 Å². The SMILES string of the molecule is O=C(N/N=C\c1ccc(Cl)c([N+](=O)[O-])c1)c1cc(-c2ccc3ccccc3c2)n[nH]1. The Labute approximate surface area is 175 Å². The highest BCUT2D eigenvalue weighted by Gasteiger charge is 2.13. The predicted octanol–water partition coefficient (Wildman–Crippen LogP) is 4.56. The molecule has 9 heteroatoms. The molecular weight excluding hydrogens is 406 g/mol. The predicted molar refractivity (Wildman–Crippen MR) is 115 cm³/mol. The number of hydrogen-bond donors (Lipinski definition) is 2. The molecule has 3 aromatic carbocycles. The lowest BCUT2D eigenvalue weighted by molar-refractivity contribution is -0.384. The normalized spacial score (nSPS) is 11.1. The number of benzene rings is 3. The van der Waals surface area contributed by atoms with E-state index in [0.717, 1.165) is 16.3 Å². The molecule has 148 valence electrons. The first-order chi connectivity index (χ1) is 14.5. The van der Waals surface area contributed by atoms with E-state index in [1.165, 1.54) is 18.3 Å². The van der Waals surface area contributed by atoms with Crippen LogP contribution in [0.25, 0.3) is 22.0 Å². The molecule has 0 aliphatic heterocycles. The third-order valence-corrected chi connectivity index (χ3v) is 4.73. The van der Waals surface area contributed by atoms with Gasteiger partial charge in [-0.25, -0.2) is 5.43 Å². The van der Waals surface area contributed by atoms with E-state index in [0.29, 0.717) is 11.3 Å². The molecule has 1 aromatic heterocycles. The third kappa shape index (κ3) is 4.03. The Morgan fingerprint density at radius 3 is 2.70 bits per heavy atom. The molecule has 0 fully saturated rings. The van der Waals surface area contributed by atoms with Crippen molar-refractivity contribution in [3.8, 4) is 11.3 Å². The van der Waals surface area contributed by atoms with Gasteiger partial charge < -0.3 is 0 Å². The van der Waals surface area contributed by atoms with E-state index in [4.69, 9.17) is 11.6 Å². The number of aromatic nitrogens is 2. The van der Waals surface area contributed by atoms with Crippen LogP contribution in [0.2, 0.25) is 5.02 Å². The molecule has 0 bridgehead atoms. The molecule has 0 aliphatic rings. The monoisotopic (exact) mass is 419 g/mol. The van der Waals surface area contributed by atoms with Crippen LogP contribution in [0.3, 0.4) is 0 Å². The second kappa shape index (κ2) is 8.14. The summed E-state index contributed by atoms with van der Waals surface area (Å²) in [6.07, 6.45) is 1.29. The van der Waals surface area contributed by atoms with Gasteiger partial charge in [-0.05, 0) is 29.0 Å². The highest BCUT2D eigenvalue weighted by atomic mass is 35.5. The Kier molecular flexibility index (Phi) is 5.23. The summed E-state index contributed by atoms with van der Waals surface area (Å²) in [6.45, 7) is 0. The molecule has 0 aliphatic carbocycles. The summed E-state index contributed by atoms with van der Waals surface area (Å²) in [6, 6.07) is 19.7. The Morgan fingerprint density at radius 1 is 1.10 bits per heavy atom. The topological polar surface area (TPSA) is 113 Å². The smallest absolute Gasteiger partial charge is 0.272 e. The van der Waals surface area contributed by atoms with Gasteiger partial charge in [0.15, 0.2) is 0 Å². The van der Waals surface area contributed by atoms with Gasteiger partial charge in [-0.2, -0.15) is 10.2 Å². The number of nitro benzene ring substituents is 1. The molecular formula is C21H14ClN5O3. The molecule has 4 aromatic rings. The first-order valence-electron chi connectivity index (χ1n) is 8.83. The number of halogens is 1. The Balaban J connectivity index is 1.47. The number of nitrogens with one attached hydrogen (secondary N) is 2. The van der Waals surface area contributed by atoms with Crippen LogP contribution in [-0.2, 0) is 0 Å². The van der Waals surface area contributed by atoms with E-state index in [1.54, 1.807) is 12.1 Å². The number of aromatic amines is 1. The standard InChI is InChI=1S/C21H14ClN5O3/c22-17-8-5-13(9-20(17)27(29)30)12-23-26-21(28)19-11-18(24-25-19)16-7-6-14-3-1-2-4-15(14)10-16/h1-12H,(H,24,25)(H,26,28)/b23-12-. The average Bonchev–Trinajstić information content (AvgIpc) is 3.25. The van der Waals surface area contributed by atoms with Gasteiger partial charge in [-0.3, -0.25) is 20.0 Å². The number of H-pyrrole nitrogens is 1. The number of nitro groups is 1. The highest BCUT2D eigenvalue weighted by Crippen LogP contribution is 2.25. The van der Waals surface area contributed by atoms with E-state index < -0.39 is 10.8 Å². The molecule has 1 heterocycles. The summed E-state index contributed by atoms with van der Waals surface area (Å²) >= 11 is 5.77. The maximum atomic E-state index is 12.3. The number of carbonyl (C=O) groups excluding carboxylic acids is 1. The van der Waals surface area contributed by atoms with Crippen LogP contribution in [0.5, 0.6) is 0 Å². The number of fused-ring (bicyclic) bond motifs is 1. The fourth-order valence-electron chi connectivity index (χ4n) is 2.91. The number of rotatable bonds is 5. The minimum atomic E-state index is -0.586. The van der Waals surface area contributed by atoms with Crippen molar-refractivity contribution in [3.05, 3.63) is 93.1 Å². The zero-order valence-corrected chi connectivity index (χ0v) is 16.1. The van der Waals surface area contributed by atoms with Crippen molar-refractivity contribution in [2.75, 3.05) is 0 Å². The lowest BCUT2D eigenvalue weighted by Gasteiger charge is -2.00. The summed E-state index contributed by atoms with van der Waals surface area (Å²) in [4.78, 5) is 22.6. The summed E-state index contributed by atoms with van der Waals surface area (Å²) in [5.74, 6) is -0.491. The molecule has 0 atom stereocenters. The van der Waals surface area contributed by atoms with Crippen LogP contribution >= 0.6 is 11.6 Å². The Morgan fingerprint density at radius 2 is 1.90 bits per heavy atom. The van der Waals surface area contributed by atoms with Crippen LogP contribution in [0, 0.1) is 10.1 Å². The molecule has 0 spiro atoms. The van der Waals surface area contributed by atoms with Gasteiger partial charge >= 0.3 is 0 Å². The molecule has 1 amide bonds. The lowest BCUT2D eigenvalue weighted by atomic mass is 10.1. The molecule has 0 unspecified atom stereocenters. The molecule has 8 nitrogen and oxygen atoms in total. The molecule has 0 saturated carbocycles. The van der Waals surface area contributed by atoms with Crippen molar-refractivity contribution < 1.29 is 9.72 Å². The van der Waals surface area contributed by atoms with Crippen LogP contribution in [0.4, 0.5) is 5.69 Å². The van der Waals surface area contributed by atoms with Gasteiger partial charge in [0, 0.05) is 17.2 Å². The van der Waals surface area contributed by atoms with Gasteiger partial charge in [-0.15, -0.1) is 0 Å². The maximum absolute atomic E-state index is 12.3. The Hall–Kier alpha value is -4.04. The van der Waals surface area contributed by atoms with Crippen molar-refractivity contribution in [2.45, 2.75) is 0 Å². The second-order valence-corrected chi connectivity index (χ2v) is 6.80. The van der Waals surface area contributed by atoms with Gasteiger partial charge in [0.2, 0.25) is 0 Å². The molecule has 0 saturated heterocycles. The molecule has 0 radical (unpaired) electrons. The van der Waals surface area contributed by atoms with Crippen LogP contribution in [0.15, 0.2) is 71.8 Å². The average molecular weight is 420 g/mol. The molecule has 4 rings (SSSR count). The zero-order chi connectivity index (χ0) is 21.1. The number of hydrazone groups is 1. The van der Waals surface area contributed by atoms with Crippen molar-refractivity contribution in [1.82, 2.24) is 15.6 Å². The van der Waals surface area contributed by atoms with Crippen molar-refractivity contribution >= 4 is 40.2 Å². The van der Waals surface area contributed by atoms with Crippen LogP contribution in [0.1, 0.15) is 16.1 Å². The van der Waals surface area contributed by atoms with Gasteiger partial charge in [0.25, 0.3) is 11.6 Å². The van der Waals surface area contributed by atoms with Crippen molar-refractivity contribution in [2.24, 2.45) is 5.10 Å². The maximum Gasteiger partial charge on any atom is 0.289 e. The van der Waals surface area contributed by atoms with E-state index >= 15 is 0 Å². The van der Waals surface area contributed by atoms with Crippen molar-refractivity contribution in [1.29, 1.82) is 0 Å². The quantitative estimate of drug-likeness (QED) is 0.280. The minimum absolute atomic E-state index is 0.0277. The first kappa shape index (κ1) is 19.3. The first-order valence-corrected chi connectivity index (χ1v) is 9.21. The fraction of sp³-hybridized carbons (Fsp3) is 0. The van der Waals surface area contributed by atoms with Gasteiger partial charge in [-0.1, -0.05) is 54.1 Å². The largest absolute Gasteiger partial charge is 0.289 e. The van der Waals surface area contributed by atoms with E-state index in [2.05, 4.69) is 20.7 Å². The van der Waals surface area contributed by atoms with E-state index in [1.807, 2.05) is 42.5 Å². The van der Waals surface area contributed by atoms with Gasteiger partial charge in [0.05, 0.1) is 16.8 Å². The molecule has 2 N–H and O–H groups in total. The number of hydrogen-bond acceptors (Lipinski definition) is 5. The Bertz CT molecular complexity index is 1300. The number of carbonyl (C=O) groups is 1. The zero-order valence-electron chi connectivity index (χ0n) is 15.4. The third-order valence-electron chi connectivity index (χ3n) is 4.41. The lowest BCUT2D eigenvalue weighted by Crippen LogP contribution is -2.18. The summed E-state index contributed by atoms with van der Waals surface area (Å²) in [5.41, 5.74) is 4.29. The van der Waals surface area contributed by atoms with Crippen molar-refractivity contribution in [3.63, 3.8) is 0 Å². The number of nitrogens with zero attached hydrogens (tertiary/aromatic N) is 3. The van der Waals surface area contributed by atoms with Gasteiger partial charge in [0.1, 0.15) is 10.7 Å². The summed E-state index contributed by atoms with van der Waals surface area (Å²) in [5, 5.41) is 23.9. The minimum Gasteiger partial charge on any atom is -0.272 e. The van der Waals surface area contributed by atoms with E-state index in [9.17, 15) is 14.9 Å². The summed E-state index contributed by atoms with van der Waals surface area (Å²) < 4.78 is 0.